The van der Waals surface area contributed by atoms with Gasteiger partial charge in [0.1, 0.15) is 11.4 Å². The molecule has 0 atom stereocenters. The Kier molecular flexibility index (Phi) is 7.21. The third-order valence-electron chi connectivity index (χ3n) is 6.28. The monoisotopic (exact) mass is 601 g/mol. The Balaban J connectivity index is 1.62. The molecule has 0 bridgehead atoms. The predicted octanol–water partition coefficient (Wildman–Crippen LogP) is 9.22. The van der Waals surface area contributed by atoms with E-state index in [0.29, 0.717) is 17.7 Å². The summed E-state index contributed by atoms with van der Waals surface area (Å²) in [4.78, 5) is 10.9. The number of rotatable bonds is 5. The minimum atomic E-state index is -5.11. The molecule has 0 fully saturated rings. The second-order valence-electron chi connectivity index (χ2n) is 9.06. The van der Waals surface area contributed by atoms with Gasteiger partial charge in [-0.3, -0.25) is 4.57 Å². The number of hydrogen-bond acceptors (Lipinski definition) is 6. The minimum absolute atomic E-state index is 0.0163. The lowest BCUT2D eigenvalue weighted by Gasteiger charge is -2.15. The summed E-state index contributed by atoms with van der Waals surface area (Å²) in [5.74, 6) is -1.21. The lowest BCUT2D eigenvalue weighted by atomic mass is 10.0. The number of azo groups is 1. The minimum Gasteiger partial charge on any atom is -0.505 e. The number of phenols is 1. The van der Waals surface area contributed by atoms with Gasteiger partial charge in [-0.2, -0.15) is 26.3 Å². The van der Waals surface area contributed by atoms with Crippen molar-refractivity contribution in [3.05, 3.63) is 96.1 Å². The van der Waals surface area contributed by atoms with Crippen LogP contribution in [0.4, 0.5) is 42.5 Å². The van der Waals surface area contributed by atoms with Gasteiger partial charge in [0.05, 0.1) is 22.3 Å². The number of benzene rings is 4. The molecule has 1 aromatic heterocycles. The van der Waals surface area contributed by atoms with E-state index in [1.165, 1.54) is 60.7 Å². The lowest BCUT2D eigenvalue weighted by Crippen LogP contribution is -2.12. The number of carboxylic acid groups (broad SMARTS) is 1. The van der Waals surface area contributed by atoms with Crippen LogP contribution in [-0.4, -0.2) is 26.0 Å². The maximum atomic E-state index is 13.5. The second kappa shape index (κ2) is 10.7. The number of ether oxygens (including phenoxy) is 1. The SMILES string of the molecule is O=C(O)Oc1cccc(-c2cccc(N=Nc3c(O)n(-c4cc(C(F)(F)F)cc(C(F)(F)F)c4)c4ccccc34)c2O)c1. The molecule has 0 radical (unpaired) electrons. The number of alkyl halides is 6. The number of fused-ring (bicyclic) bond motifs is 1. The van der Waals surface area contributed by atoms with Crippen molar-refractivity contribution in [2.45, 2.75) is 12.4 Å². The van der Waals surface area contributed by atoms with Gasteiger partial charge in [-0.25, -0.2) is 4.79 Å². The molecule has 5 rings (SSSR count). The fraction of sp³-hybridized carbons (Fsp3) is 0.0690. The van der Waals surface area contributed by atoms with Gasteiger partial charge in [0.15, 0.2) is 11.4 Å². The van der Waals surface area contributed by atoms with Gasteiger partial charge in [0, 0.05) is 10.9 Å². The van der Waals surface area contributed by atoms with Crippen molar-refractivity contribution in [2.24, 2.45) is 10.2 Å². The molecule has 220 valence electrons. The summed E-state index contributed by atoms with van der Waals surface area (Å²) in [6, 6.07) is 16.9. The maximum absolute atomic E-state index is 13.5. The second-order valence-corrected chi connectivity index (χ2v) is 9.06. The van der Waals surface area contributed by atoms with E-state index < -0.39 is 47.0 Å². The number of phenolic OH excluding ortho intramolecular Hbond substituents is 1. The molecule has 4 aromatic carbocycles. The van der Waals surface area contributed by atoms with Crippen molar-refractivity contribution >= 4 is 28.4 Å². The Morgan fingerprint density at radius 1 is 0.767 bits per heavy atom. The van der Waals surface area contributed by atoms with Crippen molar-refractivity contribution in [1.82, 2.24) is 4.57 Å². The van der Waals surface area contributed by atoms with Crippen LogP contribution in [0.5, 0.6) is 17.4 Å². The predicted molar refractivity (Wildman–Crippen MR) is 141 cm³/mol. The van der Waals surface area contributed by atoms with E-state index in [1.807, 2.05) is 0 Å². The van der Waals surface area contributed by atoms with Crippen LogP contribution in [0.2, 0.25) is 0 Å². The summed E-state index contributed by atoms with van der Waals surface area (Å²) < 4.78 is 86.6. The maximum Gasteiger partial charge on any atom is 0.511 e. The first-order valence-electron chi connectivity index (χ1n) is 12.1. The molecule has 0 aliphatic heterocycles. The van der Waals surface area contributed by atoms with Crippen LogP contribution in [0.25, 0.3) is 27.7 Å². The van der Waals surface area contributed by atoms with Crippen LogP contribution in [0.15, 0.2) is 95.2 Å². The van der Waals surface area contributed by atoms with E-state index in [1.54, 1.807) is 6.07 Å². The van der Waals surface area contributed by atoms with Gasteiger partial charge in [0.2, 0.25) is 5.88 Å². The Labute approximate surface area is 237 Å². The summed E-state index contributed by atoms with van der Waals surface area (Å²) in [6.07, 6.45) is -11.8. The van der Waals surface area contributed by atoms with E-state index >= 15 is 0 Å². The molecule has 43 heavy (non-hydrogen) atoms. The molecule has 0 spiro atoms. The van der Waals surface area contributed by atoms with E-state index in [4.69, 9.17) is 5.11 Å². The molecule has 14 heteroatoms. The highest BCUT2D eigenvalue weighted by Gasteiger charge is 2.37. The van der Waals surface area contributed by atoms with Gasteiger partial charge in [-0.1, -0.05) is 42.5 Å². The first-order chi connectivity index (χ1) is 20.2. The zero-order valence-corrected chi connectivity index (χ0v) is 21.4. The summed E-state index contributed by atoms with van der Waals surface area (Å²) in [7, 11) is 0. The summed E-state index contributed by atoms with van der Waals surface area (Å²) in [5.41, 5.74) is -3.56. The molecule has 0 unspecified atom stereocenters. The van der Waals surface area contributed by atoms with Gasteiger partial charge < -0.3 is 20.1 Å². The molecule has 8 nitrogen and oxygen atoms in total. The Hall–Kier alpha value is -5.53. The number of aromatic hydroxyl groups is 2. The standard InChI is InChI=1S/C29H17F6N3O5/c30-28(31,32)16-12-17(29(33,34)35)14-18(13-16)38-23-10-2-1-7-21(23)24(26(38)40)37-36-22-9-4-8-20(25(22)39)15-5-3-6-19(11-15)43-27(41)42/h1-14,39-40H,(H,41,42). The molecular weight excluding hydrogens is 584 g/mol. The number of halogens is 6. The molecule has 0 amide bonds. The molecule has 0 saturated carbocycles. The van der Waals surface area contributed by atoms with E-state index in [-0.39, 0.29) is 39.7 Å². The summed E-state index contributed by atoms with van der Waals surface area (Å²) in [5, 5.41) is 38.9. The first-order valence-corrected chi connectivity index (χ1v) is 12.1. The zero-order chi connectivity index (χ0) is 31.1. The van der Waals surface area contributed by atoms with E-state index in [2.05, 4.69) is 15.0 Å². The molecule has 1 heterocycles. The third kappa shape index (κ3) is 5.80. The van der Waals surface area contributed by atoms with Crippen molar-refractivity contribution in [3.8, 4) is 34.2 Å². The Bertz CT molecular complexity index is 1860. The van der Waals surface area contributed by atoms with Gasteiger partial charge in [-0.05, 0) is 48.0 Å². The lowest BCUT2D eigenvalue weighted by molar-refractivity contribution is -0.143. The largest absolute Gasteiger partial charge is 0.511 e. The molecule has 5 aromatic rings. The van der Waals surface area contributed by atoms with E-state index in [0.717, 1.165) is 4.57 Å². The summed E-state index contributed by atoms with van der Waals surface area (Å²) >= 11 is 0. The number of nitrogens with zero attached hydrogens (tertiary/aromatic N) is 3. The van der Waals surface area contributed by atoms with Crippen molar-refractivity contribution in [3.63, 3.8) is 0 Å². The van der Waals surface area contributed by atoms with Crippen LogP contribution in [-0.2, 0) is 12.4 Å². The van der Waals surface area contributed by atoms with Crippen LogP contribution >= 0.6 is 0 Å². The summed E-state index contributed by atoms with van der Waals surface area (Å²) in [6.45, 7) is 0. The molecular formula is C29H17F6N3O5. The van der Waals surface area contributed by atoms with Gasteiger partial charge >= 0.3 is 18.5 Å². The number of carbonyl (C=O) groups is 1. The molecule has 0 aliphatic carbocycles. The highest BCUT2D eigenvalue weighted by atomic mass is 19.4. The highest BCUT2D eigenvalue weighted by molar-refractivity contribution is 5.96. The third-order valence-corrected chi connectivity index (χ3v) is 6.28. The Morgan fingerprint density at radius 2 is 1.42 bits per heavy atom. The normalized spacial score (nSPS) is 12.2. The van der Waals surface area contributed by atoms with Crippen molar-refractivity contribution in [1.29, 1.82) is 0 Å². The molecule has 0 aliphatic rings. The number of hydrogen-bond donors (Lipinski definition) is 3. The first kappa shape index (κ1) is 29.0. The fourth-order valence-electron chi connectivity index (χ4n) is 4.41. The smallest absolute Gasteiger partial charge is 0.505 e. The number of para-hydroxylation sites is 2. The molecule has 0 saturated heterocycles. The average Bonchev–Trinajstić information content (AvgIpc) is 3.22. The Morgan fingerprint density at radius 3 is 2.07 bits per heavy atom. The number of aromatic nitrogens is 1. The van der Waals surface area contributed by atoms with E-state index in [9.17, 15) is 41.4 Å². The topological polar surface area (TPSA) is 117 Å². The van der Waals surface area contributed by atoms with Crippen molar-refractivity contribution < 1.29 is 51.2 Å². The van der Waals surface area contributed by atoms with Crippen LogP contribution in [0.1, 0.15) is 11.1 Å². The van der Waals surface area contributed by atoms with Gasteiger partial charge in [0.25, 0.3) is 0 Å². The quantitative estimate of drug-likeness (QED) is 0.0804. The zero-order valence-electron chi connectivity index (χ0n) is 21.4. The van der Waals surface area contributed by atoms with Crippen LogP contribution in [0, 0.1) is 0 Å². The average molecular weight is 601 g/mol. The van der Waals surface area contributed by atoms with Gasteiger partial charge in [-0.15, -0.1) is 10.2 Å². The van der Waals surface area contributed by atoms with Crippen LogP contribution in [0.3, 0.4) is 0 Å². The van der Waals surface area contributed by atoms with Crippen LogP contribution < -0.4 is 4.74 Å². The highest BCUT2D eigenvalue weighted by Crippen LogP contribution is 2.45. The fourth-order valence-corrected chi connectivity index (χ4v) is 4.41. The molecule has 3 N–H and O–H groups in total. The van der Waals surface area contributed by atoms with Crippen molar-refractivity contribution in [2.75, 3.05) is 0 Å².